The smallest absolute Gasteiger partial charge is 0.232 e. The summed E-state index contributed by atoms with van der Waals surface area (Å²) in [5.41, 5.74) is 9.88. The molecular formula is C23H28N2O. The minimum absolute atomic E-state index is 0.213. The molecule has 0 bridgehead atoms. The van der Waals surface area contributed by atoms with Crippen molar-refractivity contribution in [2.24, 2.45) is 5.73 Å². The highest BCUT2D eigenvalue weighted by atomic mass is 16.1. The Bertz CT molecular complexity index is 747. The van der Waals surface area contributed by atoms with Crippen molar-refractivity contribution in [2.45, 2.75) is 43.9 Å². The van der Waals surface area contributed by atoms with Crippen molar-refractivity contribution in [3.8, 4) is 11.1 Å². The third kappa shape index (κ3) is 2.84. The second-order valence-corrected chi connectivity index (χ2v) is 7.72. The number of hydrogen-bond donors (Lipinski definition) is 1. The first-order chi connectivity index (χ1) is 12.7. The van der Waals surface area contributed by atoms with Gasteiger partial charge in [-0.3, -0.25) is 4.79 Å². The summed E-state index contributed by atoms with van der Waals surface area (Å²) in [6.07, 6.45) is 6.88. The van der Waals surface area contributed by atoms with Gasteiger partial charge < -0.3 is 10.6 Å². The van der Waals surface area contributed by atoms with Crippen LogP contribution in [0.1, 0.15) is 49.7 Å². The molecule has 26 heavy (non-hydrogen) atoms. The fraction of sp³-hybridized carbons (Fsp3) is 0.435. The van der Waals surface area contributed by atoms with Crippen molar-refractivity contribution in [1.82, 2.24) is 4.90 Å². The van der Waals surface area contributed by atoms with E-state index in [2.05, 4.69) is 29.2 Å². The van der Waals surface area contributed by atoms with Crippen LogP contribution in [0.15, 0.2) is 48.5 Å². The lowest BCUT2D eigenvalue weighted by molar-refractivity contribution is -0.122. The van der Waals surface area contributed by atoms with Gasteiger partial charge in [-0.25, -0.2) is 0 Å². The molecule has 0 spiro atoms. The van der Waals surface area contributed by atoms with Gasteiger partial charge in [0.15, 0.2) is 0 Å². The molecule has 3 nitrogen and oxygen atoms in total. The zero-order chi connectivity index (χ0) is 18.0. The first kappa shape index (κ1) is 17.3. The van der Waals surface area contributed by atoms with E-state index in [1.54, 1.807) is 0 Å². The van der Waals surface area contributed by atoms with E-state index in [1.807, 2.05) is 24.3 Å². The zero-order valence-electron chi connectivity index (χ0n) is 15.4. The van der Waals surface area contributed by atoms with Gasteiger partial charge in [0.2, 0.25) is 5.91 Å². The van der Waals surface area contributed by atoms with E-state index >= 15 is 0 Å². The summed E-state index contributed by atoms with van der Waals surface area (Å²) in [5, 5.41) is 0. The summed E-state index contributed by atoms with van der Waals surface area (Å²) in [6, 6.07) is 16.5. The number of unbranched alkanes of at least 4 members (excludes halogenated alkanes) is 2. The summed E-state index contributed by atoms with van der Waals surface area (Å²) in [6.45, 7) is 3.70. The van der Waals surface area contributed by atoms with Crippen molar-refractivity contribution < 1.29 is 4.79 Å². The molecule has 1 saturated heterocycles. The maximum absolute atomic E-state index is 12.7. The lowest BCUT2D eigenvalue weighted by Gasteiger charge is -2.28. The van der Waals surface area contributed by atoms with Gasteiger partial charge >= 0.3 is 0 Å². The molecule has 136 valence electrons. The van der Waals surface area contributed by atoms with Crippen LogP contribution >= 0.6 is 0 Å². The third-order valence-corrected chi connectivity index (χ3v) is 6.21. The summed E-state index contributed by atoms with van der Waals surface area (Å²) in [5.74, 6) is -0.213. The van der Waals surface area contributed by atoms with Crippen LogP contribution in [0.2, 0.25) is 0 Å². The lowest BCUT2D eigenvalue weighted by atomic mass is 9.73. The molecule has 2 aliphatic rings. The number of benzene rings is 2. The molecule has 1 aliphatic heterocycles. The predicted octanol–water partition coefficient (Wildman–Crippen LogP) is 4.09. The molecule has 1 amide bonds. The minimum atomic E-state index is -0.666. The molecule has 2 aromatic carbocycles. The first-order valence-corrected chi connectivity index (χ1v) is 9.95. The van der Waals surface area contributed by atoms with Gasteiger partial charge in [-0.2, -0.15) is 0 Å². The Labute approximate surface area is 156 Å². The molecule has 1 heterocycles. The molecule has 2 N–H and O–H groups in total. The lowest BCUT2D eigenvalue weighted by Crippen LogP contribution is -2.40. The molecule has 1 aliphatic carbocycles. The number of nitrogens with zero attached hydrogens (tertiary/aromatic N) is 1. The molecule has 4 rings (SSSR count). The highest BCUT2D eigenvalue weighted by Gasteiger charge is 2.47. The highest BCUT2D eigenvalue weighted by molar-refractivity contribution is 5.99. The fourth-order valence-electron chi connectivity index (χ4n) is 4.89. The average molecular weight is 348 g/mol. The molecule has 0 atom stereocenters. The largest absolute Gasteiger partial charge is 0.369 e. The molecule has 3 heteroatoms. The molecule has 0 radical (unpaired) electrons. The Balaban J connectivity index is 1.53. The fourth-order valence-corrected chi connectivity index (χ4v) is 4.89. The van der Waals surface area contributed by atoms with Gasteiger partial charge in [-0.1, -0.05) is 61.4 Å². The Hall–Kier alpha value is -2.13. The second-order valence-electron chi connectivity index (χ2n) is 7.72. The Morgan fingerprint density at radius 2 is 1.46 bits per heavy atom. The van der Waals surface area contributed by atoms with Gasteiger partial charge in [0, 0.05) is 0 Å². The van der Waals surface area contributed by atoms with E-state index in [0.29, 0.717) is 0 Å². The predicted molar refractivity (Wildman–Crippen MR) is 106 cm³/mol. The average Bonchev–Trinajstić information content (AvgIpc) is 3.27. The van der Waals surface area contributed by atoms with Crippen LogP contribution in [0.3, 0.4) is 0 Å². The normalized spacial score (nSPS) is 17.8. The SMILES string of the molecule is NC(=O)C1(CCCCCN2CCCC2)c2ccccc2-c2ccccc21. The van der Waals surface area contributed by atoms with Crippen molar-refractivity contribution in [3.63, 3.8) is 0 Å². The van der Waals surface area contributed by atoms with E-state index < -0.39 is 5.41 Å². The van der Waals surface area contributed by atoms with Crippen LogP contribution in [0.5, 0.6) is 0 Å². The summed E-state index contributed by atoms with van der Waals surface area (Å²) >= 11 is 0. The van der Waals surface area contributed by atoms with Gasteiger partial charge in [0.05, 0.1) is 5.41 Å². The van der Waals surface area contributed by atoms with Crippen LogP contribution in [-0.4, -0.2) is 30.4 Å². The maximum Gasteiger partial charge on any atom is 0.232 e. The molecule has 2 aromatic rings. The van der Waals surface area contributed by atoms with E-state index in [-0.39, 0.29) is 5.91 Å². The van der Waals surface area contributed by atoms with Crippen molar-refractivity contribution >= 4 is 5.91 Å². The van der Waals surface area contributed by atoms with Gasteiger partial charge in [0.1, 0.15) is 0 Å². The van der Waals surface area contributed by atoms with Crippen LogP contribution in [-0.2, 0) is 10.2 Å². The zero-order valence-corrected chi connectivity index (χ0v) is 15.4. The summed E-state index contributed by atoms with van der Waals surface area (Å²) in [7, 11) is 0. The summed E-state index contributed by atoms with van der Waals surface area (Å²) < 4.78 is 0. The Morgan fingerprint density at radius 3 is 2.04 bits per heavy atom. The molecule has 0 unspecified atom stereocenters. The second kappa shape index (κ2) is 7.24. The van der Waals surface area contributed by atoms with Crippen LogP contribution < -0.4 is 5.73 Å². The molecule has 1 fully saturated rings. The number of rotatable bonds is 7. The highest BCUT2D eigenvalue weighted by Crippen LogP contribution is 2.51. The minimum Gasteiger partial charge on any atom is -0.369 e. The van der Waals surface area contributed by atoms with E-state index in [1.165, 1.54) is 50.0 Å². The molecule has 0 saturated carbocycles. The standard InChI is InChI=1S/C23H28N2O/c24-22(26)23(14-6-1-7-15-25-16-8-9-17-25)20-12-4-2-10-18(20)19-11-3-5-13-21(19)23/h2-5,10-13H,1,6-9,14-17H2,(H2,24,26). The number of amides is 1. The monoisotopic (exact) mass is 348 g/mol. The number of likely N-dealkylation sites (tertiary alicyclic amines) is 1. The van der Waals surface area contributed by atoms with E-state index in [9.17, 15) is 4.79 Å². The number of fused-ring (bicyclic) bond motifs is 3. The van der Waals surface area contributed by atoms with Gasteiger partial charge in [-0.15, -0.1) is 0 Å². The maximum atomic E-state index is 12.7. The van der Waals surface area contributed by atoms with E-state index in [4.69, 9.17) is 5.73 Å². The quantitative estimate of drug-likeness (QED) is 0.766. The first-order valence-electron chi connectivity index (χ1n) is 9.95. The Kier molecular flexibility index (Phi) is 4.82. The van der Waals surface area contributed by atoms with Gasteiger partial charge in [-0.05, 0) is 67.6 Å². The number of carbonyl (C=O) groups excluding carboxylic acids is 1. The van der Waals surface area contributed by atoms with Crippen LogP contribution in [0, 0.1) is 0 Å². The van der Waals surface area contributed by atoms with Crippen molar-refractivity contribution in [1.29, 1.82) is 0 Å². The van der Waals surface area contributed by atoms with Gasteiger partial charge in [0.25, 0.3) is 0 Å². The number of hydrogen-bond acceptors (Lipinski definition) is 2. The summed E-state index contributed by atoms with van der Waals surface area (Å²) in [4.78, 5) is 15.3. The molecule has 0 aromatic heterocycles. The van der Waals surface area contributed by atoms with E-state index in [0.717, 1.165) is 30.4 Å². The van der Waals surface area contributed by atoms with Crippen molar-refractivity contribution in [3.05, 3.63) is 59.7 Å². The topological polar surface area (TPSA) is 46.3 Å². The third-order valence-electron chi connectivity index (χ3n) is 6.21. The van der Waals surface area contributed by atoms with Crippen molar-refractivity contribution in [2.75, 3.05) is 19.6 Å². The molecular weight excluding hydrogens is 320 g/mol. The number of carbonyl (C=O) groups is 1. The number of primary amides is 1. The van der Waals surface area contributed by atoms with Crippen LogP contribution in [0.4, 0.5) is 0 Å². The van der Waals surface area contributed by atoms with Crippen LogP contribution in [0.25, 0.3) is 11.1 Å². The number of nitrogens with two attached hydrogens (primary N) is 1. The Morgan fingerprint density at radius 1 is 0.885 bits per heavy atom.